The average molecular weight is 384 g/mol. The number of benzene rings is 1. The van der Waals surface area contributed by atoms with E-state index in [1.807, 2.05) is 6.20 Å². The Bertz CT molecular complexity index is 697. The lowest BCUT2D eigenvalue weighted by atomic mass is 9.82. The van der Waals surface area contributed by atoms with E-state index in [0.717, 1.165) is 0 Å². The molecule has 0 saturated heterocycles. The van der Waals surface area contributed by atoms with E-state index in [4.69, 9.17) is 4.98 Å². The quantitative estimate of drug-likeness (QED) is 0.608. The van der Waals surface area contributed by atoms with Crippen molar-refractivity contribution in [2.45, 2.75) is 81.2 Å². The van der Waals surface area contributed by atoms with Crippen LogP contribution in [-0.2, 0) is 0 Å². The van der Waals surface area contributed by atoms with Crippen LogP contribution >= 0.6 is 11.8 Å². The molecule has 0 unspecified atom stereocenters. The van der Waals surface area contributed by atoms with E-state index in [9.17, 15) is 0 Å². The van der Waals surface area contributed by atoms with E-state index in [-0.39, 0.29) is 0 Å². The molecular weight excluding hydrogens is 350 g/mol. The predicted molar refractivity (Wildman–Crippen MR) is 115 cm³/mol. The zero-order valence-corrected chi connectivity index (χ0v) is 17.4. The molecule has 4 heteroatoms. The van der Waals surface area contributed by atoms with E-state index >= 15 is 0 Å². The smallest absolute Gasteiger partial charge is 0.130 e. The second kappa shape index (κ2) is 9.29. The minimum Gasteiger partial charge on any atom is -0.304 e. The molecule has 1 aromatic carbocycles. The van der Waals surface area contributed by atoms with Gasteiger partial charge in [-0.15, -0.1) is 11.8 Å². The molecule has 2 fully saturated rings. The van der Waals surface area contributed by atoms with Crippen LogP contribution in [0.4, 0.5) is 0 Å². The van der Waals surface area contributed by atoms with Crippen LogP contribution in [0.2, 0.25) is 0 Å². The number of nitrogens with zero attached hydrogens (tertiary/aromatic N) is 2. The van der Waals surface area contributed by atoms with Crippen molar-refractivity contribution < 1.29 is 0 Å². The molecule has 27 heavy (non-hydrogen) atoms. The third-order valence-electron chi connectivity index (χ3n) is 6.44. The molecule has 0 radical (unpaired) electrons. The Kier molecular flexibility index (Phi) is 6.56. The first kappa shape index (κ1) is 19.1. The van der Waals surface area contributed by atoms with Gasteiger partial charge in [0.25, 0.3) is 0 Å². The summed E-state index contributed by atoms with van der Waals surface area (Å²) in [5.74, 6) is 1.93. The zero-order chi connectivity index (χ0) is 18.5. The maximum atomic E-state index is 4.87. The molecule has 2 aliphatic rings. The lowest BCUT2D eigenvalue weighted by Crippen LogP contribution is -2.39. The van der Waals surface area contributed by atoms with Gasteiger partial charge in [0.1, 0.15) is 5.82 Å². The largest absolute Gasteiger partial charge is 0.304 e. The highest BCUT2D eigenvalue weighted by Gasteiger charge is 2.30. The lowest BCUT2D eigenvalue weighted by Gasteiger charge is -2.35. The van der Waals surface area contributed by atoms with Crippen molar-refractivity contribution >= 4 is 11.8 Å². The Hall–Kier alpha value is -1.26. The van der Waals surface area contributed by atoms with Crippen LogP contribution < -0.4 is 5.32 Å². The van der Waals surface area contributed by atoms with E-state index in [0.29, 0.717) is 18.0 Å². The number of imidazole rings is 1. The summed E-state index contributed by atoms with van der Waals surface area (Å²) in [4.78, 5) is 6.18. The van der Waals surface area contributed by atoms with Crippen molar-refractivity contribution in [3.63, 3.8) is 0 Å². The normalized spacial score (nSPS) is 20.6. The molecule has 2 saturated carbocycles. The van der Waals surface area contributed by atoms with Crippen LogP contribution in [-0.4, -0.2) is 21.8 Å². The molecule has 1 N–H and O–H groups in total. The van der Waals surface area contributed by atoms with Gasteiger partial charge in [0.05, 0.1) is 6.04 Å². The van der Waals surface area contributed by atoms with E-state index in [1.54, 1.807) is 11.8 Å². The molecule has 146 valence electrons. The Labute approximate surface area is 168 Å². The minimum absolute atomic E-state index is 0.378. The average Bonchev–Trinajstić information content (AvgIpc) is 3.23. The monoisotopic (exact) mass is 383 g/mol. The van der Waals surface area contributed by atoms with E-state index in [2.05, 4.69) is 46.6 Å². The lowest BCUT2D eigenvalue weighted by molar-refractivity contribution is 0.225. The molecule has 2 aromatic rings. The van der Waals surface area contributed by atoms with Crippen molar-refractivity contribution in [2.75, 3.05) is 6.26 Å². The molecule has 0 bridgehead atoms. The molecule has 3 nitrogen and oxygen atoms in total. The molecule has 0 spiro atoms. The molecule has 1 aromatic heterocycles. The fourth-order valence-corrected chi connectivity index (χ4v) is 5.33. The topological polar surface area (TPSA) is 29.9 Å². The van der Waals surface area contributed by atoms with Crippen molar-refractivity contribution in [3.8, 4) is 5.69 Å². The summed E-state index contributed by atoms with van der Waals surface area (Å²) in [6.45, 7) is 0. The van der Waals surface area contributed by atoms with Gasteiger partial charge in [0, 0.05) is 29.0 Å². The molecule has 0 aliphatic heterocycles. The number of hydrogen-bond donors (Lipinski definition) is 1. The van der Waals surface area contributed by atoms with E-state index < -0.39 is 0 Å². The third-order valence-corrected chi connectivity index (χ3v) is 7.18. The van der Waals surface area contributed by atoms with Gasteiger partial charge in [-0.2, -0.15) is 0 Å². The molecule has 1 heterocycles. The van der Waals surface area contributed by atoms with Crippen LogP contribution in [0.5, 0.6) is 0 Å². The van der Waals surface area contributed by atoms with Crippen molar-refractivity contribution in [1.29, 1.82) is 0 Å². The Morgan fingerprint density at radius 2 is 1.63 bits per heavy atom. The summed E-state index contributed by atoms with van der Waals surface area (Å²) in [6.07, 6.45) is 19.9. The number of thioether (sulfide) groups is 1. The molecule has 0 amide bonds. The van der Waals surface area contributed by atoms with Crippen LogP contribution in [0, 0.1) is 5.92 Å². The SMILES string of the molecule is CSc1ccc(-n2ccnc2[C@@H](NC2CCCCC2)C2CCCCC2)cc1. The number of rotatable bonds is 6. The number of aromatic nitrogens is 2. The maximum absolute atomic E-state index is 4.87. The minimum atomic E-state index is 0.378. The van der Waals surface area contributed by atoms with Crippen LogP contribution in [0.25, 0.3) is 5.69 Å². The van der Waals surface area contributed by atoms with Gasteiger partial charge >= 0.3 is 0 Å². The summed E-state index contributed by atoms with van der Waals surface area (Å²) < 4.78 is 2.32. The van der Waals surface area contributed by atoms with Gasteiger partial charge in [0.15, 0.2) is 0 Å². The maximum Gasteiger partial charge on any atom is 0.130 e. The first-order chi connectivity index (χ1) is 13.3. The second-order valence-corrected chi connectivity index (χ2v) is 9.11. The van der Waals surface area contributed by atoms with Gasteiger partial charge in [-0.05, 0) is 62.1 Å². The second-order valence-electron chi connectivity index (χ2n) is 8.23. The highest BCUT2D eigenvalue weighted by molar-refractivity contribution is 7.98. The molecule has 4 rings (SSSR count). The Morgan fingerprint density at radius 1 is 0.963 bits per heavy atom. The summed E-state index contributed by atoms with van der Waals surface area (Å²) in [5, 5.41) is 4.07. The Balaban J connectivity index is 1.61. The number of nitrogens with one attached hydrogen (secondary N) is 1. The fraction of sp³-hybridized carbons (Fsp3) is 0.609. The summed E-state index contributed by atoms with van der Waals surface area (Å²) >= 11 is 1.79. The number of hydrogen-bond acceptors (Lipinski definition) is 3. The highest BCUT2D eigenvalue weighted by atomic mass is 32.2. The highest BCUT2D eigenvalue weighted by Crippen LogP contribution is 2.36. The van der Waals surface area contributed by atoms with Gasteiger partial charge in [-0.25, -0.2) is 4.98 Å². The van der Waals surface area contributed by atoms with Gasteiger partial charge in [-0.3, -0.25) is 0 Å². The first-order valence-electron chi connectivity index (χ1n) is 10.8. The molecule has 1 atom stereocenters. The predicted octanol–water partition coefficient (Wildman–Crippen LogP) is 6.14. The van der Waals surface area contributed by atoms with Crippen molar-refractivity contribution in [1.82, 2.24) is 14.9 Å². The summed E-state index contributed by atoms with van der Waals surface area (Å²) in [5.41, 5.74) is 1.23. The van der Waals surface area contributed by atoms with Crippen LogP contribution in [0.15, 0.2) is 41.6 Å². The Morgan fingerprint density at radius 3 is 2.30 bits per heavy atom. The first-order valence-corrected chi connectivity index (χ1v) is 12.0. The van der Waals surface area contributed by atoms with E-state index in [1.165, 1.54) is 80.6 Å². The van der Waals surface area contributed by atoms with Crippen molar-refractivity contribution in [3.05, 3.63) is 42.5 Å². The van der Waals surface area contributed by atoms with Gasteiger partial charge in [0.2, 0.25) is 0 Å². The summed E-state index contributed by atoms with van der Waals surface area (Å²) in [7, 11) is 0. The fourth-order valence-electron chi connectivity index (χ4n) is 4.92. The molecular formula is C23H33N3S. The summed E-state index contributed by atoms with van der Waals surface area (Å²) in [6, 6.07) is 9.94. The van der Waals surface area contributed by atoms with Gasteiger partial charge < -0.3 is 9.88 Å². The van der Waals surface area contributed by atoms with Crippen LogP contribution in [0.3, 0.4) is 0 Å². The van der Waals surface area contributed by atoms with Crippen molar-refractivity contribution in [2.24, 2.45) is 5.92 Å². The zero-order valence-electron chi connectivity index (χ0n) is 16.6. The third kappa shape index (κ3) is 4.60. The molecule has 2 aliphatic carbocycles. The van der Waals surface area contributed by atoms with Gasteiger partial charge in [-0.1, -0.05) is 38.5 Å². The standard InChI is InChI=1S/C23H33N3S/c1-27-21-14-12-20(13-15-21)26-17-16-24-23(26)22(18-8-4-2-5-9-18)25-19-10-6-3-7-11-19/h12-19,22,25H,2-11H2,1H3/t22-/m0/s1. The van der Waals surface area contributed by atoms with Crippen LogP contribution in [0.1, 0.15) is 76.1 Å².